The molecule has 18 heavy (non-hydrogen) atoms. The molecule has 0 radical (unpaired) electrons. The van der Waals surface area contributed by atoms with E-state index in [-0.39, 0.29) is 17.4 Å². The third kappa shape index (κ3) is 3.19. The highest BCUT2D eigenvalue weighted by atomic mass is 16.5. The van der Waals surface area contributed by atoms with Gasteiger partial charge in [0.2, 0.25) is 5.88 Å². The molecule has 98 valence electrons. The highest BCUT2D eigenvalue weighted by Gasteiger charge is 2.25. The van der Waals surface area contributed by atoms with Gasteiger partial charge >= 0.3 is 5.97 Å². The molecule has 0 unspecified atom stereocenters. The van der Waals surface area contributed by atoms with Crippen LogP contribution in [0.4, 0.5) is 0 Å². The number of methoxy groups -OCH3 is 1. The number of carbonyl (C=O) groups excluding carboxylic acids is 1. The second kappa shape index (κ2) is 6.00. The van der Waals surface area contributed by atoms with E-state index < -0.39 is 17.9 Å². The van der Waals surface area contributed by atoms with Crippen molar-refractivity contribution in [3.63, 3.8) is 0 Å². The highest BCUT2D eigenvalue weighted by molar-refractivity contribution is 5.98. The molecule has 0 aliphatic rings. The number of pyridine rings is 1. The summed E-state index contributed by atoms with van der Waals surface area (Å²) in [7, 11) is 1.40. The predicted octanol–water partition coefficient (Wildman–Crippen LogP) is 0.929. The van der Waals surface area contributed by atoms with E-state index in [4.69, 9.17) is 9.84 Å². The molecule has 0 bridgehead atoms. The SMILES string of the molecule is COc1ncccc1C(=O)N[C@H](C(=O)O)C(C)C. The maximum atomic E-state index is 11.9. The van der Waals surface area contributed by atoms with Crippen molar-refractivity contribution in [3.8, 4) is 5.88 Å². The lowest BCUT2D eigenvalue weighted by Gasteiger charge is -2.18. The molecule has 1 rings (SSSR count). The Labute approximate surface area is 105 Å². The number of aliphatic carboxylic acids is 1. The third-order valence-electron chi connectivity index (χ3n) is 2.43. The van der Waals surface area contributed by atoms with Crippen LogP contribution in [0.1, 0.15) is 24.2 Å². The van der Waals surface area contributed by atoms with Crippen molar-refractivity contribution >= 4 is 11.9 Å². The highest BCUT2D eigenvalue weighted by Crippen LogP contribution is 2.14. The van der Waals surface area contributed by atoms with Gasteiger partial charge in [-0.3, -0.25) is 4.79 Å². The van der Waals surface area contributed by atoms with Crippen molar-refractivity contribution in [2.24, 2.45) is 5.92 Å². The Kier molecular flexibility index (Phi) is 4.65. The molecular weight excluding hydrogens is 236 g/mol. The fraction of sp³-hybridized carbons (Fsp3) is 0.417. The summed E-state index contributed by atoms with van der Waals surface area (Å²) in [5.41, 5.74) is 0.215. The molecule has 1 aromatic heterocycles. The van der Waals surface area contributed by atoms with Crippen LogP contribution in [0.5, 0.6) is 5.88 Å². The average Bonchev–Trinajstić information content (AvgIpc) is 2.34. The van der Waals surface area contributed by atoms with Gasteiger partial charge in [-0.05, 0) is 18.1 Å². The van der Waals surface area contributed by atoms with Gasteiger partial charge in [0.15, 0.2) is 0 Å². The number of ether oxygens (including phenoxy) is 1. The first kappa shape index (κ1) is 14.0. The number of carbonyl (C=O) groups is 2. The molecule has 6 nitrogen and oxygen atoms in total. The van der Waals surface area contributed by atoms with Gasteiger partial charge in [-0.1, -0.05) is 13.8 Å². The Morgan fingerprint density at radius 3 is 2.61 bits per heavy atom. The third-order valence-corrected chi connectivity index (χ3v) is 2.43. The van der Waals surface area contributed by atoms with E-state index in [1.165, 1.54) is 19.4 Å². The maximum absolute atomic E-state index is 11.9. The molecule has 0 saturated heterocycles. The van der Waals surface area contributed by atoms with Gasteiger partial charge in [0.1, 0.15) is 11.6 Å². The van der Waals surface area contributed by atoms with Crippen LogP contribution in [0.25, 0.3) is 0 Å². The van der Waals surface area contributed by atoms with E-state index in [1.54, 1.807) is 19.9 Å². The molecule has 6 heteroatoms. The molecular formula is C12H16N2O4. The predicted molar refractivity (Wildman–Crippen MR) is 64.5 cm³/mol. The van der Waals surface area contributed by atoms with Crippen molar-refractivity contribution in [2.75, 3.05) is 7.11 Å². The van der Waals surface area contributed by atoms with Gasteiger partial charge in [-0.25, -0.2) is 9.78 Å². The van der Waals surface area contributed by atoms with Crippen molar-refractivity contribution in [3.05, 3.63) is 23.9 Å². The van der Waals surface area contributed by atoms with Gasteiger partial charge < -0.3 is 15.2 Å². The van der Waals surface area contributed by atoms with E-state index in [2.05, 4.69) is 10.3 Å². The standard InChI is InChI=1S/C12H16N2O4/c1-7(2)9(12(16)17)14-10(15)8-5-4-6-13-11(8)18-3/h4-7,9H,1-3H3,(H,14,15)(H,16,17)/t9-/m0/s1. The molecule has 1 aromatic rings. The first-order chi connectivity index (χ1) is 8.47. The molecule has 0 fully saturated rings. The zero-order valence-electron chi connectivity index (χ0n) is 10.5. The Hall–Kier alpha value is -2.11. The summed E-state index contributed by atoms with van der Waals surface area (Å²) in [4.78, 5) is 26.8. The van der Waals surface area contributed by atoms with Crippen LogP contribution in [0, 0.1) is 5.92 Å². The van der Waals surface area contributed by atoms with Crippen molar-refractivity contribution in [1.82, 2.24) is 10.3 Å². The van der Waals surface area contributed by atoms with Crippen LogP contribution in [-0.4, -0.2) is 35.1 Å². The Balaban J connectivity index is 2.90. The van der Waals surface area contributed by atoms with Crippen LogP contribution in [0.2, 0.25) is 0 Å². The van der Waals surface area contributed by atoms with E-state index in [0.717, 1.165) is 0 Å². The largest absolute Gasteiger partial charge is 0.480 e. The molecule has 1 amide bonds. The van der Waals surface area contributed by atoms with Gasteiger partial charge in [-0.15, -0.1) is 0 Å². The second-order valence-corrected chi connectivity index (χ2v) is 4.09. The Bertz CT molecular complexity index is 445. The summed E-state index contributed by atoms with van der Waals surface area (Å²) >= 11 is 0. The van der Waals surface area contributed by atoms with Gasteiger partial charge in [-0.2, -0.15) is 0 Å². The number of amides is 1. The first-order valence-electron chi connectivity index (χ1n) is 5.50. The zero-order valence-corrected chi connectivity index (χ0v) is 10.5. The second-order valence-electron chi connectivity index (χ2n) is 4.09. The van der Waals surface area contributed by atoms with E-state index >= 15 is 0 Å². The molecule has 1 atom stereocenters. The average molecular weight is 252 g/mol. The summed E-state index contributed by atoms with van der Waals surface area (Å²) in [5.74, 6) is -1.63. The number of hydrogen-bond acceptors (Lipinski definition) is 4. The van der Waals surface area contributed by atoms with Crippen LogP contribution in [0.3, 0.4) is 0 Å². The smallest absolute Gasteiger partial charge is 0.326 e. The molecule has 0 spiro atoms. The van der Waals surface area contributed by atoms with Crippen LogP contribution in [-0.2, 0) is 4.79 Å². The minimum atomic E-state index is -1.07. The fourth-order valence-corrected chi connectivity index (χ4v) is 1.46. The minimum absolute atomic E-state index is 0.169. The number of rotatable bonds is 5. The van der Waals surface area contributed by atoms with Crippen molar-refractivity contribution in [1.29, 1.82) is 0 Å². The van der Waals surface area contributed by atoms with Crippen LogP contribution >= 0.6 is 0 Å². The molecule has 0 aliphatic heterocycles. The van der Waals surface area contributed by atoms with Crippen molar-refractivity contribution < 1.29 is 19.4 Å². The lowest BCUT2D eigenvalue weighted by molar-refractivity contribution is -0.140. The van der Waals surface area contributed by atoms with Crippen molar-refractivity contribution in [2.45, 2.75) is 19.9 Å². The summed E-state index contributed by atoms with van der Waals surface area (Å²) in [6, 6.07) is 2.17. The lowest BCUT2D eigenvalue weighted by atomic mass is 10.0. The van der Waals surface area contributed by atoms with Gasteiger partial charge in [0.05, 0.1) is 7.11 Å². The van der Waals surface area contributed by atoms with Crippen LogP contribution in [0.15, 0.2) is 18.3 Å². The molecule has 0 aromatic carbocycles. The molecule has 2 N–H and O–H groups in total. The maximum Gasteiger partial charge on any atom is 0.326 e. The first-order valence-corrected chi connectivity index (χ1v) is 5.50. The summed E-state index contributed by atoms with van der Waals surface area (Å²) in [6.07, 6.45) is 1.49. The summed E-state index contributed by atoms with van der Waals surface area (Å²) < 4.78 is 4.95. The van der Waals surface area contributed by atoms with Gasteiger partial charge in [0, 0.05) is 6.20 Å². The van der Waals surface area contributed by atoms with E-state index in [0.29, 0.717) is 0 Å². The Morgan fingerprint density at radius 1 is 1.44 bits per heavy atom. The summed E-state index contributed by atoms with van der Waals surface area (Å²) in [5, 5.41) is 11.5. The summed E-state index contributed by atoms with van der Waals surface area (Å²) in [6.45, 7) is 3.44. The lowest BCUT2D eigenvalue weighted by Crippen LogP contribution is -2.44. The Morgan fingerprint density at radius 2 is 2.11 bits per heavy atom. The molecule has 0 saturated carbocycles. The number of aromatic nitrogens is 1. The number of nitrogens with zero attached hydrogens (tertiary/aromatic N) is 1. The van der Waals surface area contributed by atoms with E-state index in [9.17, 15) is 9.59 Å². The monoisotopic (exact) mass is 252 g/mol. The van der Waals surface area contributed by atoms with Crippen LogP contribution < -0.4 is 10.1 Å². The number of carboxylic acid groups (broad SMARTS) is 1. The number of carboxylic acids is 1. The zero-order chi connectivity index (χ0) is 13.7. The number of nitrogens with one attached hydrogen (secondary N) is 1. The minimum Gasteiger partial charge on any atom is -0.480 e. The molecule has 1 heterocycles. The number of hydrogen-bond donors (Lipinski definition) is 2. The molecule has 0 aliphatic carbocycles. The van der Waals surface area contributed by atoms with E-state index in [1.807, 2.05) is 0 Å². The van der Waals surface area contributed by atoms with Gasteiger partial charge in [0.25, 0.3) is 5.91 Å². The quantitative estimate of drug-likeness (QED) is 0.813. The topological polar surface area (TPSA) is 88.5 Å². The normalized spacial score (nSPS) is 12.0. The fourth-order valence-electron chi connectivity index (χ4n) is 1.46.